The van der Waals surface area contributed by atoms with Gasteiger partial charge in [0, 0.05) is 52.5 Å². The Balaban J connectivity index is 1.42. The second-order valence-electron chi connectivity index (χ2n) is 15.0. The highest BCUT2D eigenvalue weighted by atomic mass is 32.1. The van der Waals surface area contributed by atoms with Crippen LogP contribution < -0.4 is 24.8 Å². The van der Waals surface area contributed by atoms with Crippen LogP contribution in [-0.4, -0.2) is 6.71 Å². The minimum Gasteiger partial charge on any atom is -0.310 e. The lowest BCUT2D eigenvalue weighted by atomic mass is 9.39. The molecule has 4 heterocycles. The van der Waals surface area contributed by atoms with Gasteiger partial charge >= 0.3 is 0 Å². The van der Waals surface area contributed by atoms with Gasteiger partial charge in [0.25, 0.3) is 6.71 Å². The van der Waals surface area contributed by atoms with Gasteiger partial charge in [-0.25, -0.2) is 0 Å². The van der Waals surface area contributed by atoms with Crippen LogP contribution in [0.3, 0.4) is 0 Å². The minimum atomic E-state index is 0.0603. The topological polar surface area (TPSA) is 6.48 Å². The summed E-state index contributed by atoms with van der Waals surface area (Å²) in [5.41, 5.74) is 11.9. The van der Waals surface area contributed by atoms with Crippen LogP contribution in [0.1, 0.15) is 52.7 Å². The van der Waals surface area contributed by atoms with E-state index >= 15 is 0 Å². The van der Waals surface area contributed by atoms with Crippen LogP contribution in [0.5, 0.6) is 0 Å². The van der Waals surface area contributed by atoms with Crippen LogP contribution in [-0.2, 0) is 10.8 Å². The molecule has 230 valence electrons. The third kappa shape index (κ3) is 4.29. The van der Waals surface area contributed by atoms with Gasteiger partial charge in [0.1, 0.15) is 0 Å². The number of nitrogens with zero attached hydrogens (tertiary/aromatic N) is 2. The lowest BCUT2D eigenvalue weighted by Crippen LogP contribution is -2.59. The summed E-state index contributed by atoms with van der Waals surface area (Å²) in [7, 11) is 0. The van der Waals surface area contributed by atoms with Crippen molar-refractivity contribution < 1.29 is 0 Å². The van der Waals surface area contributed by atoms with E-state index in [1.165, 1.54) is 80.4 Å². The molecule has 2 aromatic heterocycles. The van der Waals surface area contributed by atoms with Crippen molar-refractivity contribution >= 4 is 98.7 Å². The van der Waals surface area contributed by atoms with E-state index in [-0.39, 0.29) is 17.5 Å². The molecule has 5 heteroatoms. The lowest BCUT2D eigenvalue weighted by molar-refractivity contribution is 0.591. The summed E-state index contributed by atoms with van der Waals surface area (Å²) in [5, 5.41) is 2.70. The van der Waals surface area contributed by atoms with Crippen LogP contribution in [0.4, 0.5) is 34.1 Å². The predicted octanol–water partition coefficient (Wildman–Crippen LogP) is 10.8. The van der Waals surface area contributed by atoms with Crippen LogP contribution in [0.2, 0.25) is 0 Å². The quantitative estimate of drug-likeness (QED) is 0.173. The smallest absolute Gasteiger partial charge is 0.277 e. The number of fused-ring (bicyclic) bond motifs is 8. The van der Waals surface area contributed by atoms with E-state index in [9.17, 15) is 0 Å². The largest absolute Gasteiger partial charge is 0.310 e. The van der Waals surface area contributed by atoms with E-state index in [2.05, 4.69) is 167 Å². The number of hydrogen-bond donors (Lipinski definition) is 0. The zero-order chi connectivity index (χ0) is 32.2. The fourth-order valence-corrected chi connectivity index (χ4v) is 10.2. The molecule has 0 N–H and O–H groups in total. The Morgan fingerprint density at radius 1 is 0.489 bits per heavy atom. The Bertz CT molecular complexity index is 2180. The van der Waals surface area contributed by atoms with Crippen molar-refractivity contribution in [3.63, 3.8) is 0 Å². The molecular formula is C42H37BN2S2. The van der Waals surface area contributed by atoms with Gasteiger partial charge in [-0.15, -0.1) is 22.7 Å². The van der Waals surface area contributed by atoms with Crippen molar-refractivity contribution in [1.29, 1.82) is 0 Å². The number of para-hydroxylation sites is 2. The third-order valence-electron chi connectivity index (χ3n) is 9.94. The summed E-state index contributed by atoms with van der Waals surface area (Å²) in [6, 6.07) is 43.3. The number of benzene rings is 5. The average Bonchev–Trinajstić information content (AvgIpc) is 3.63. The highest BCUT2D eigenvalue weighted by Crippen LogP contribution is 2.50. The van der Waals surface area contributed by atoms with Crippen molar-refractivity contribution in [2.24, 2.45) is 0 Å². The fourth-order valence-electron chi connectivity index (χ4n) is 7.53. The van der Waals surface area contributed by atoms with Crippen LogP contribution >= 0.6 is 22.7 Å². The molecule has 0 fully saturated rings. The van der Waals surface area contributed by atoms with E-state index in [0.717, 1.165) is 0 Å². The number of anilines is 6. The molecule has 0 spiro atoms. The summed E-state index contributed by atoms with van der Waals surface area (Å²) in [6.45, 7) is 14.1. The van der Waals surface area contributed by atoms with Crippen molar-refractivity contribution in [3.05, 3.63) is 126 Å². The summed E-state index contributed by atoms with van der Waals surface area (Å²) in [6.07, 6.45) is 0. The highest BCUT2D eigenvalue weighted by molar-refractivity contribution is 7.40. The first kappa shape index (κ1) is 28.9. The van der Waals surface area contributed by atoms with Gasteiger partial charge in [-0.05, 0) is 88.1 Å². The molecule has 0 atom stereocenters. The van der Waals surface area contributed by atoms with Gasteiger partial charge in [0.2, 0.25) is 0 Å². The molecule has 7 aromatic rings. The minimum absolute atomic E-state index is 0.0603. The van der Waals surface area contributed by atoms with Crippen molar-refractivity contribution in [1.82, 2.24) is 0 Å². The molecule has 0 radical (unpaired) electrons. The molecule has 0 aliphatic carbocycles. The van der Waals surface area contributed by atoms with E-state index in [0.29, 0.717) is 0 Å². The van der Waals surface area contributed by atoms with Gasteiger partial charge in [0.15, 0.2) is 0 Å². The second kappa shape index (κ2) is 10.1. The molecule has 0 saturated carbocycles. The highest BCUT2D eigenvalue weighted by Gasteiger charge is 2.46. The van der Waals surface area contributed by atoms with Gasteiger partial charge in [-0.1, -0.05) is 96.1 Å². The van der Waals surface area contributed by atoms with Crippen molar-refractivity contribution in [3.8, 4) is 0 Å². The molecule has 2 nitrogen and oxygen atoms in total. The average molecular weight is 645 g/mol. The Morgan fingerprint density at radius 2 is 0.915 bits per heavy atom. The zero-order valence-corrected chi connectivity index (χ0v) is 29.4. The second-order valence-corrected chi connectivity index (χ2v) is 17.2. The first-order valence-electron chi connectivity index (χ1n) is 16.6. The molecule has 9 rings (SSSR count). The van der Waals surface area contributed by atoms with E-state index < -0.39 is 0 Å². The normalized spacial score (nSPS) is 14.0. The SMILES string of the molecule is CC(C)(C)c1ccc2sc3c(c2c1)N(c1ccccc1)c1cccc2c1B3c1sc3ccc(C(C)(C)C)cc3c1N2c1ccccc1. The van der Waals surface area contributed by atoms with Gasteiger partial charge in [0.05, 0.1) is 11.4 Å². The summed E-state index contributed by atoms with van der Waals surface area (Å²) in [4.78, 5) is 5.10. The predicted molar refractivity (Wildman–Crippen MR) is 209 cm³/mol. The van der Waals surface area contributed by atoms with Crippen molar-refractivity contribution in [2.45, 2.75) is 52.4 Å². The molecule has 5 aromatic carbocycles. The first-order chi connectivity index (χ1) is 22.6. The Kier molecular flexibility index (Phi) is 6.20. The first-order valence-corrected chi connectivity index (χ1v) is 18.2. The maximum atomic E-state index is 2.55. The monoisotopic (exact) mass is 644 g/mol. The Labute approximate surface area is 286 Å². The molecule has 0 bridgehead atoms. The maximum Gasteiger partial charge on any atom is 0.277 e. The summed E-state index contributed by atoms with van der Waals surface area (Å²) < 4.78 is 5.57. The molecule has 2 aliphatic heterocycles. The standard InChI is InChI=1S/C42H37BN2S2/c1-41(2,3)26-20-22-34-30(24-26)37-39(46-34)43-36-32(44(37)28-14-9-7-10-15-28)18-13-19-33(36)45(29-16-11-8-12-17-29)38-31-25-27(42(4,5)6)21-23-35(31)47-40(38)43/h7-25H,1-6H3. The van der Waals surface area contributed by atoms with E-state index in [1.807, 2.05) is 22.7 Å². The van der Waals surface area contributed by atoms with E-state index in [1.54, 1.807) is 0 Å². The number of rotatable bonds is 2. The van der Waals surface area contributed by atoms with Gasteiger partial charge < -0.3 is 9.80 Å². The zero-order valence-electron chi connectivity index (χ0n) is 27.8. The summed E-state index contributed by atoms with van der Waals surface area (Å²) >= 11 is 3.96. The Morgan fingerprint density at radius 3 is 1.32 bits per heavy atom. The van der Waals surface area contributed by atoms with Crippen LogP contribution in [0, 0.1) is 0 Å². The molecule has 0 unspecified atom stereocenters. The number of hydrogen-bond acceptors (Lipinski definition) is 4. The number of thiophene rings is 2. The molecule has 0 amide bonds. The molecule has 2 aliphatic rings. The summed E-state index contributed by atoms with van der Waals surface area (Å²) in [5.74, 6) is 0. The molecule has 0 saturated heterocycles. The van der Waals surface area contributed by atoms with Gasteiger partial charge in [-0.3, -0.25) is 0 Å². The van der Waals surface area contributed by atoms with E-state index in [4.69, 9.17) is 0 Å². The molecular weight excluding hydrogens is 607 g/mol. The molecule has 47 heavy (non-hydrogen) atoms. The maximum absolute atomic E-state index is 2.55. The Hall–Kier alpha value is -4.32. The fraction of sp³-hybridized carbons (Fsp3) is 0.190. The van der Waals surface area contributed by atoms with Crippen molar-refractivity contribution in [2.75, 3.05) is 9.80 Å². The third-order valence-corrected chi connectivity index (χ3v) is 12.4. The van der Waals surface area contributed by atoms with Crippen LogP contribution in [0.15, 0.2) is 115 Å². The van der Waals surface area contributed by atoms with Crippen LogP contribution in [0.25, 0.3) is 20.2 Å². The van der Waals surface area contributed by atoms with Gasteiger partial charge in [-0.2, -0.15) is 0 Å². The lowest BCUT2D eigenvalue weighted by Gasteiger charge is -2.42.